The lowest BCUT2D eigenvalue weighted by molar-refractivity contribution is -0.121. The number of fused-ring (bicyclic) bond motifs is 1. The van der Waals surface area contributed by atoms with Crippen molar-refractivity contribution in [1.29, 1.82) is 0 Å². The van der Waals surface area contributed by atoms with Crippen molar-refractivity contribution < 1.29 is 19.1 Å². The van der Waals surface area contributed by atoms with Crippen molar-refractivity contribution in [2.24, 2.45) is 5.16 Å². The average molecular weight is 408 g/mol. The van der Waals surface area contributed by atoms with Crippen molar-refractivity contribution >= 4 is 11.6 Å². The third-order valence-corrected chi connectivity index (χ3v) is 5.34. The molecule has 2 aromatic rings. The Morgan fingerprint density at radius 1 is 1.23 bits per heavy atom. The zero-order valence-electron chi connectivity index (χ0n) is 17.4. The van der Waals surface area contributed by atoms with Gasteiger partial charge < -0.3 is 19.6 Å². The maximum atomic E-state index is 12.1. The molecule has 0 bridgehead atoms. The highest BCUT2D eigenvalue weighted by Gasteiger charge is 2.24. The van der Waals surface area contributed by atoms with Crippen LogP contribution in [0.1, 0.15) is 42.4 Å². The van der Waals surface area contributed by atoms with Crippen LogP contribution in [0.4, 0.5) is 0 Å². The number of carbonyl (C=O) groups is 1. The molecule has 6 nitrogen and oxygen atoms in total. The van der Waals surface area contributed by atoms with Crippen LogP contribution in [0, 0.1) is 6.92 Å². The van der Waals surface area contributed by atoms with Gasteiger partial charge >= 0.3 is 0 Å². The molecule has 30 heavy (non-hydrogen) atoms. The van der Waals surface area contributed by atoms with E-state index in [4.69, 9.17) is 14.3 Å². The van der Waals surface area contributed by atoms with Crippen molar-refractivity contribution in [1.82, 2.24) is 5.32 Å². The Labute approximate surface area is 177 Å². The van der Waals surface area contributed by atoms with E-state index in [9.17, 15) is 4.79 Å². The smallest absolute Gasteiger partial charge is 0.220 e. The summed E-state index contributed by atoms with van der Waals surface area (Å²) in [5.41, 5.74) is 4.40. The quantitative estimate of drug-likeness (QED) is 0.641. The normalized spacial score (nSPS) is 17.0. The summed E-state index contributed by atoms with van der Waals surface area (Å²) in [5, 5.41) is 7.18. The first-order chi connectivity index (χ1) is 14.7. The minimum absolute atomic E-state index is 0.0392. The topological polar surface area (TPSA) is 69.2 Å². The Morgan fingerprint density at radius 2 is 2.17 bits per heavy atom. The number of benzene rings is 2. The highest BCUT2D eigenvalue weighted by molar-refractivity contribution is 6.01. The van der Waals surface area contributed by atoms with Crippen LogP contribution in [0.5, 0.6) is 11.5 Å². The standard InChI is InChI=1S/C24H28N2O4/c1-17-5-4-6-20(13-17)28-11-3-2-7-24(27)25-16-21-15-22(26-30-21)18-8-9-23-19(14-18)10-12-29-23/h4-6,8-9,13-14,21H,2-3,7,10-12,15-16H2,1H3,(H,25,27)/t21-/m0/s1. The number of nitrogens with one attached hydrogen (secondary N) is 1. The zero-order chi connectivity index (χ0) is 20.8. The molecule has 6 heteroatoms. The SMILES string of the molecule is Cc1cccc(OCCCCC(=O)NC[C@@H]2CC(c3ccc4c(c3)CCO4)=NO2)c1. The van der Waals surface area contributed by atoms with Gasteiger partial charge in [0.05, 0.1) is 25.5 Å². The zero-order valence-corrected chi connectivity index (χ0v) is 17.4. The van der Waals surface area contributed by atoms with Crippen LogP contribution in [0.25, 0.3) is 0 Å². The molecular weight excluding hydrogens is 380 g/mol. The lowest BCUT2D eigenvalue weighted by Gasteiger charge is -2.10. The molecule has 0 aromatic heterocycles. The van der Waals surface area contributed by atoms with Crippen LogP contribution in [0.2, 0.25) is 0 Å². The number of ether oxygens (including phenoxy) is 2. The van der Waals surface area contributed by atoms with E-state index in [1.807, 2.05) is 43.3 Å². The molecule has 0 saturated heterocycles. The number of nitrogens with zero attached hydrogens (tertiary/aromatic N) is 1. The Balaban J connectivity index is 1.11. The van der Waals surface area contributed by atoms with Crippen LogP contribution < -0.4 is 14.8 Å². The molecule has 0 unspecified atom stereocenters. The van der Waals surface area contributed by atoms with Crippen LogP contribution in [0.3, 0.4) is 0 Å². The number of rotatable bonds is 9. The van der Waals surface area contributed by atoms with Crippen LogP contribution in [-0.2, 0) is 16.1 Å². The summed E-state index contributed by atoms with van der Waals surface area (Å²) in [6.45, 7) is 3.87. The van der Waals surface area contributed by atoms with Crippen molar-refractivity contribution in [2.75, 3.05) is 19.8 Å². The summed E-state index contributed by atoms with van der Waals surface area (Å²) < 4.78 is 11.3. The van der Waals surface area contributed by atoms with Crippen molar-refractivity contribution in [3.8, 4) is 11.5 Å². The highest BCUT2D eigenvalue weighted by atomic mass is 16.6. The molecule has 0 fully saturated rings. The van der Waals surface area contributed by atoms with E-state index in [1.165, 1.54) is 11.1 Å². The number of amides is 1. The molecule has 1 amide bonds. The van der Waals surface area contributed by atoms with Gasteiger partial charge in [-0.15, -0.1) is 0 Å². The van der Waals surface area contributed by atoms with E-state index in [1.54, 1.807) is 0 Å². The van der Waals surface area contributed by atoms with Gasteiger partial charge in [-0.25, -0.2) is 0 Å². The van der Waals surface area contributed by atoms with E-state index >= 15 is 0 Å². The first kappa shape index (κ1) is 20.3. The lowest BCUT2D eigenvalue weighted by atomic mass is 10.0. The van der Waals surface area contributed by atoms with Crippen LogP contribution >= 0.6 is 0 Å². The second-order valence-corrected chi connectivity index (χ2v) is 7.82. The first-order valence-electron chi connectivity index (χ1n) is 10.6. The molecule has 2 aliphatic heterocycles. The fourth-order valence-corrected chi connectivity index (χ4v) is 3.67. The number of aryl methyl sites for hydroxylation is 1. The average Bonchev–Trinajstić information content (AvgIpc) is 3.41. The van der Waals surface area contributed by atoms with E-state index in [0.29, 0.717) is 26.0 Å². The van der Waals surface area contributed by atoms with Gasteiger partial charge in [-0.3, -0.25) is 4.79 Å². The van der Waals surface area contributed by atoms with Gasteiger partial charge in [0.25, 0.3) is 0 Å². The minimum Gasteiger partial charge on any atom is -0.494 e. The predicted molar refractivity (Wildman–Crippen MR) is 115 cm³/mol. The third kappa shape index (κ3) is 5.32. The second kappa shape index (κ2) is 9.65. The van der Waals surface area contributed by atoms with Crippen molar-refractivity contribution in [3.05, 3.63) is 59.2 Å². The van der Waals surface area contributed by atoms with Crippen molar-refractivity contribution in [3.63, 3.8) is 0 Å². The van der Waals surface area contributed by atoms with Gasteiger partial charge in [0.1, 0.15) is 17.6 Å². The largest absolute Gasteiger partial charge is 0.494 e. The number of unbranched alkanes of at least 4 members (excludes halogenated alkanes) is 1. The fourth-order valence-electron chi connectivity index (χ4n) is 3.67. The van der Waals surface area contributed by atoms with E-state index in [0.717, 1.165) is 48.6 Å². The molecule has 0 saturated carbocycles. The van der Waals surface area contributed by atoms with Crippen molar-refractivity contribution in [2.45, 2.75) is 45.1 Å². The number of oxime groups is 1. The molecule has 158 valence electrons. The lowest BCUT2D eigenvalue weighted by Crippen LogP contribution is -2.32. The Bertz CT molecular complexity index is 925. The second-order valence-electron chi connectivity index (χ2n) is 7.82. The predicted octanol–water partition coefficient (Wildman–Crippen LogP) is 3.79. The van der Waals surface area contributed by atoms with Gasteiger partial charge in [-0.2, -0.15) is 0 Å². The Morgan fingerprint density at radius 3 is 3.07 bits per heavy atom. The molecule has 2 aromatic carbocycles. The first-order valence-corrected chi connectivity index (χ1v) is 10.6. The third-order valence-electron chi connectivity index (χ3n) is 5.34. The molecule has 0 spiro atoms. The van der Waals surface area contributed by atoms with E-state index in [-0.39, 0.29) is 12.0 Å². The Kier molecular flexibility index (Phi) is 6.52. The Hall–Kier alpha value is -3.02. The van der Waals surface area contributed by atoms with Gasteiger partial charge in [-0.1, -0.05) is 17.3 Å². The van der Waals surface area contributed by atoms with Gasteiger partial charge in [0.2, 0.25) is 5.91 Å². The van der Waals surface area contributed by atoms with Gasteiger partial charge in [0.15, 0.2) is 0 Å². The summed E-state index contributed by atoms with van der Waals surface area (Å²) in [4.78, 5) is 17.6. The van der Waals surface area contributed by atoms with E-state index in [2.05, 4.69) is 16.5 Å². The van der Waals surface area contributed by atoms with E-state index < -0.39 is 0 Å². The van der Waals surface area contributed by atoms with Crippen LogP contribution in [-0.4, -0.2) is 37.5 Å². The summed E-state index contributed by atoms with van der Waals surface area (Å²) in [6.07, 6.45) is 3.65. The summed E-state index contributed by atoms with van der Waals surface area (Å²) in [5.74, 6) is 1.88. The molecular formula is C24H28N2O4. The fraction of sp³-hybridized carbons (Fsp3) is 0.417. The summed E-state index contributed by atoms with van der Waals surface area (Å²) in [7, 11) is 0. The molecule has 2 heterocycles. The monoisotopic (exact) mass is 408 g/mol. The molecule has 4 rings (SSSR count). The molecule has 1 N–H and O–H groups in total. The number of hydrogen-bond donors (Lipinski definition) is 1. The number of hydrogen-bond acceptors (Lipinski definition) is 5. The number of carbonyl (C=O) groups excluding carboxylic acids is 1. The molecule has 1 atom stereocenters. The van der Waals surface area contributed by atoms with Gasteiger partial charge in [-0.05, 0) is 66.8 Å². The summed E-state index contributed by atoms with van der Waals surface area (Å²) >= 11 is 0. The maximum absolute atomic E-state index is 12.1. The molecule has 2 aliphatic rings. The van der Waals surface area contributed by atoms with Gasteiger partial charge in [0, 0.05) is 19.3 Å². The highest BCUT2D eigenvalue weighted by Crippen LogP contribution is 2.27. The minimum atomic E-state index is -0.113. The molecule has 0 aliphatic carbocycles. The maximum Gasteiger partial charge on any atom is 0.220 e. The summed E-state index contributed by atoms with van der Waals surface area (Å²) in [6, 6.07) is 14.1. The molecule has 0 radical (unpaired) electrons. The van der Waals surface area contributed by atoms with Crippen LogP contribution in [0.15, 0.2) is 47.6 Å².